The van der Waals surface area contributed by atoms with E-state index in [-0.39, 0.29) is 5.95 Å². The molecule has 8 heteroatoms. The van der Waals surface area contributed by atoms with Crippen LogP contribution in [0.15, 0.2) is 48.8 Å². The zero-order valence-corrected chi connectivity index (χ0v) is 17.7. The van der Waals surface area contributed by atoms with Crippen molar-refractivity contribution in [3.8, 4) is 34.0 Å². The van der Waals surface area contributed by atoms with Gasteiger partial charge in [0.2, 0.25) is 5.95 Å². The molecular formula is C23H22N6O2. The average Bonchev–Trinajstić information content (AvgIpc) is 3.29. The van der Waals surface area contributed by atoms with Gasteiger partial charge in [-0.05, 0) is 36.4 Å². The third-order valence-corrected chi connectivity index (χ3v) is 5.61. The van der Waals surface area contributed by atoms with Crippen LogP contribution in [0.3, 0.4) is 0 Å². The lowest BCUT2D eigenvalue weighted by atomic mass is 10.0. The second-order valence-corrected chi connectivity index (χ2v) is 7.44. The van der Waals surface area contributed by atoms with Crippen LogP contribution in [0.1, 0.15) is 0 Å². The van der Waals surface area contributed by atoms with Gasteiger partial charge in [0.15, 0.2) is 0 Å². The Bertz CT molecular complexity index is 1450. The fourth-order valence-electron chi connectivity index (χ4n) is 4.08. The molecule has 0 aliphatic heterocycles. The number of methoxy groups -OCH3 is 2. The van der Waals surface area contributed by atoms with Gasteiger partial charge >= 0.3 is 0 Å². The zero-order chi connectivity index (χ0) is 21.7. The highest BCUT2D eigenvalue weighted by atomic mass is 16.5. The highest BCUT2D eigenvalue weighted by Crippen LogP contribution is 2.39. The van der Waals surface area contributed by atoms with Crippen molar-refractivity contribution in [2.75, 3.05) is 20.0 Å². The van der Waals surface area contributed by atoms with E-state index in [1.54, 1.807) is 14.2 Å². The smallest absolute Gasteiger partial charge is 0.240 e. The fraction of sp³-hybridized carbons (Fsp3) is 0.174. The molecule has 5 aromatic rings. The Morgan fingerprint density at radius 2 is 1.26 bits per heavy atom. The highest BCUT2D eigenvalue weighted by molar-refractivity contribution is 6.03. The van der Waals surface area contributed by atoms with E-state index >= 15 is 0 Å². The van der Waals surface area contributed by atoms with Gasteiger partial charge in [-0.1, -0.05) is 0 Å². The van der Waals surface area contributed by atoms with Crippen molar-refractivity contribution in [2.45, 2.75) is 0 Å². The third-order valence-electron chi connectivity index (χ3n) is 5.61. The summed E-state index contributed by atoms with van der Waals surface area (Å²) in [6.07, 6.45) is 4.06. The Balaban J connectivity index is 1.83. The van der Waals surface area contributed by atoms with Gasteiger partial charge in [-0.25, -0.2) is 4.98 Å². The molecule has 8 nitrogen and oxygen atoms in total. The maximum absolute atomic E-state index is 5.97. The molecule has 0 aliphatic carbocycles. The van der Waals surface area contributed by atoms with E-state index in [0.29, 0.717) is 11.4 Å². The van der Waals surface area contributed by atoms with Gasteiger partial charge in [0.1, 0.15) is 22.9 Å². The first-order valence-corrected chi connectivity index (χ1v) is 9.77. The molecule has 0 saturated carbocycles. The predicted molar refractivity (Wildman–Crippen MR) is 121 cm³/mol. The quantitative estimate of drug-likeness (QED) is 0.481. The minimum Gasteiger partial charge on any atom is -0.497 e. The number of hydrogen-bond acceptors (Lipinski definition) is 6. The van der Waals surface area contributed by atoms with Crippen molar-refractivity contribution in [1.82, 2.24) is 24.3 Å². The van der Waals surface area contributed by atoms with Crippen LogP contribution in [0.2, 0.25) is 0 Å². The fourth-order valence-corrected chi connectivity index (χ4v) is 4.08. The zero-order valence-electron chi connectivity index (χ0n) is 17.7. The molecule has 0 aliphatic rings. The third kappa shape index (κ3) is 2.95. The van der Waals surface area contributed by atoms with Crippen molar-refractivity contribution in [1.29, 1.82) is 0 Å². The van der Waals surface area contributed by atoms with E-state index < -0.39 is 0 Å². The molecule has 0 saturated heterocycles. The topological polar surface area (TPSA) is 93.0 Å². The van der Waals surface area contributed by atoms with Crippen molar-refractivity contribution < 1.29 is 9.47 Å². The molecular weight excluding hydrogens is 392 g/mol. The van der Waals surface area contributed by atoms with Gasteiger partial charge in [-0.3, -0.25) is 0 Å². The number of aryl methyl sites for hydroxylation is 2. The van der Waals surface area contributed by atoms with E-state index in [2.05, 4.69) is 24.3 Å². The Morgan fingerprint density at radius 1 is 0.742 bits per heavy atom. The van der Waals surface area contributed by atoms with E-state index in [9.17, 15) is 0 Å². The first kappa shape index (κ1) is 18.9. The largest absolute Gasteiger partial charge is 0.497 e. The van der Waals surface area contributed by atoms with Gasteiger partial charge in [-0.15, -0.1) is 10.2 Å². The summed E-state index contributed by atoms with van der Waals surface area (Å²) in [5.41, 5.74) is 11.2. The van der Waals surface area contributed by atoms with Crippen LogP contribution < -0.4 is 15.2 Å². The number of rotatable bonds is 4. The molecule has 3 aromatic heterocycles. The number of benzene rings is 2. The maximum atomic E-state index is 5.97. The lowest BCUT2D eigenvalue weighted by molar-refractivity contribution is 0.415. The van der Waals surface area contributed by atoms with Gasteiger partial charge in [0, 0.05) is 59.4 Å². The SMILES string of the molecule is COc1ccc2c(c1)c(-c1nnc(N)nc1-c1cn(C)c3ccc(OC)cc13)cn2C. The molecule has 0 amide bonds. The van der Waals surface area contributed by atoms with Crippen LogP contribution >= 0.6 is 0 Å². The standard InChI is InChI=1S/C23H22N6O2/c1-28-11-17(15-9-13(30-3)5-7-19(15)28)21-22(26-27-23(24)25-21)18-12-29(2)20-8-6-14(31-4)10-16(18)20/h5-12H,1-4H3,(H2,24,25,27). The molecule has 0 bridgehead atoms. The normalized spacial score (nSPS) is 11.4. The van der Waals surface area contributed by atoms with Gasteiger partial charge in [0.05, 0.1) is 14.2 Å². The van der Waals surface area contributed by atoms with Gasteiger partial charge in [-0.2, -0.15) is 0 Å². The number of ether oxygens (including phenoxy) is 2. The number of fused-ring (bicyclic) bond motifs is 2. The number of nitrogen functional groups attached to an aromatic ring is 1. The summed E-state index contributed by atoms with van der Waals surface area (Å²) in [5.74, 6) is 1.66. The number of nitrogens with two attached hydrogens (primary N) is 1. The molecule has 0 radical (unpaired) electrons. The summed E-state index contributed by atoms with van der Waals surface area (Å²) in [6, 6.07) is 11.9. The molecule has 3 heterocycles. The summed E-state index contributed by atoms with van der Waals surface area (Å²) >= 11 is 0. The van der Waals surface area contributed by atoms with Crippen molar-refractivity contribution >= 4 is 27.8 Å². The Labute approximate surface area is 178 Å². The first-order valence-electron chi connectivity index (χ1n) is 9.77. The Hall–Kier alpha value is -4.07. The maximum Gasteiger partial charge on any atom is 0.240 e. The van der Waals surface area contributed by atoms with E-state index in [0.717, 1.165) is 44.4 Å². The molecule has 5 rings (SSSR count). The summed E-state index contributed by atoms with van der Waals surface area (Å²) in [7, 11) is 7.31. The van der Waals surface area contributed by atoms with Crippen LogP contribution in [0.4, 0.5) is 5.95 Å². The van der Waals surface area contributed by atoms with E-state index in [1.165, 1.54) is 0 Å². The Morgan fingerprint density at radius 3 is 1.77 bits per heavy atom. The molecule has 0 spiro atoms. The second-order valence-electron chi connectivity index (χ2n) is 7.44. The van der Waals surface area contributed by atoms with Crippen molar-refractivity contribution in [3.05, 3.63) is 48.8 Å². The van der Waals surface area contributed by atoms with Gasteiger partial charge < -0.3 is 24.3 Å². The molecule has 156 valence electrons. The van der Waals surface area contributed by atoms with Crippen LogP contribution in [-0.2, 0) is 14.1 Å². The molecule has 2 aromatic carbocycles. The minimum atomic E-state index is 0.122. The summed E-state index contributed by atoms with van der Waals surface area (Å²) < 4.78 is 15.0. The molecule has 0 unspecified atom stereocenters. The second kappa shape index (κ2) is 7.02. The van der Waals surface area contributed by atoms with Crippen LogP contribution in [-0.4, -0.2) is 38.5 Å². The first-order chi connectivity index (χ1) is 15.0. The molecule has 2 N–H and O–H groups in total. The summed E-state index contributed by atoms with van der Waals surface area (Å²) in [4.78, 5) is 4.61. The summed E-state index contributed by atoms with van der Waals surface area (Å²) in [6.45, 7) is 0. The Kier molecular flexibility index (Phi) is 4.28. The van der Waals surface area contributed by atoms with Gasteiger partial charge in [0.25, 0.3) is 0 Å². The lowest BCUT2D eigenvalue weighted by Gasteiger charge is -2.08. The van der Waals surface area contributed by atoms with E-state index in [4.69, 9.17) is 15.2 Å². The predicted octanol–water partition coefficient (Wildman–Crippen LogP) is 3.79. The number of aromatic nitrogens is 5. The summed E-state index contributed by atoms with van der Waals surface area (Å²) in [5, 5.41) is 10.5. The highest BCUT2D eigenvalue weighted by Gasteiger charge is 2.21. The number of hydrogen-bond donors (Lipinski definition) is 1. The molecule has 0 atom stereocenters. The monoisotopic (exact) mass is 414 g/mol. The van der Waals surface area contributed by atoms with Crippen molar-refractivity contribution in [2.24, 2.45) is 14.1 Å². The van der Waals surface area contributed by atoms with Crippen LogP contribution in [0, 0.1) is 0 Å². The van der Waals surface area contributed by atoms with Crippen LogP contribution in [0.5, 0.6) is 11.5 Å². The number of nitrogens with zero attached hydrogens (tertiary/aromatic N) is 5. The van der Waals surface area contributed by atoms with Crippen molar-refractivity contribution in [3.63, 3.8) is 0 Å². The molecule has 0 fully saturated rings. The van der Waals surface area contributed by atoms with E-state index in [1.807, 2.05) is 62.9 Å². The number of anilines is 1. The lowest BCUT2D eigenvalue weighted by Crippen LogP contribution is -2.02. The average molecular weight is 414 g/mol. The minimum absolute atomic E-state index is 0.122. The van der Waals surface area contributed by atoms with Crippen LogP contribution in [0.25, 0.3) is 44.3 Å². The molecule has 31 heavy (non-hydrogen) atoms.